The third-order valence-corrected chi connectivity index (χ3v) is 6.95. The van der Waals surface area contributed by atoms with Crippen molar-refractivity contribution in [2.24, 2.45) is 17.8 Å². The maximum atomic E-state index is 12.8. The van der Waals surface area contributed by atoms with E-state index >= 15 is 0 Å². The number of carbonyl (C=O) groups excluding carboxylic acids is 1. The second kappa shape index (κ2) is 6.80. The van der Waals surface area contributed by atoms with Crippen molar-refractivity contribution in [3.05, 3.63) is 39.4 Å². The average Bonchev–Trinajstić information content (AvgIpc) is 3.05. The van der Waals surface area contributed by atoms with Gasteiger partial charge in [-0.25, -0.2) is 0 Å². The zero-order chi connectivity index (χ0) is 19.2. The SMILES string of the molecule is CCCCOc1ccc2c(c1)[C@@]13C[C@H](C)[C@@H](C[N+](=O)[O-])[C@@H]1CC(=O)N3CC2. The van der Waals surface area contributed by atoms with Gasteiger partial charge in [-0.1, -0.05) is 26.3 Å². The molecule has 4 rings (SSSR count). The van der Waals surface area contributed by atoms with Gasteiger partial charge in [0.2, 0.25) is 12.5 Å². The van der Waals surface area contributed by atoms with E-state index in [1.165, 1.54) is 11.1 Å². The van der Waals surface area contributed by atoms with E-state index in [0.29, 0.717) is 13.0 Å². The van der Waals surface area contributed by atoms with Crippen molar-refractivity contribution in [2.45, 2.75) is 51.5 Å². The van der Waals surface area contributed by atoms with Gasteiger partial charge in [0, 0.05) is 29.7 Å². The molecule has 6 heteroatoms. The van der Waals surface area contributed by atoms with Crippen LogP contribution in [0.5, 0.6) is 5.75 Å². The summed E-state index contributed by atoms with van der Waals surface area (Å²) in [5.74, 6) is 1.21. The minimum absolute atomic E-state index is 0.0235. The Morgan fingerprint density at radius 2 is 2.22 bits per heavy atom. The van der Waals surface area contributed by atoms with E-state index in [9.17, 15) is 14.9 Å². The van der Waals surface area contributed by atoms with Crippen LogP contribution in [-0.2, 0) is 16.8 Å². The molecule has 0 aromatic heterocycles. The van der Waals surface area contributed by atoms with Crippen molar-refractivity contribution in [3.63, 3.8) is 0 Å². The van der Waals surface area contributed by atoms with Crippen LogP contribution in [0.3, 0.4) is 0 Å². The number of rotatable bonds is 6. The number of benzene rings is 1. The molecule has 1 aromatic rings. The summed E-state index contributed by atoms with van der Waals surface area (Å²) in [5.41, 5.74) is 2.06. The molecule has 0 N–H and O–H groups in total. The maximum absolute atomic E-state index is 12.8. The summed E-state index contributed by atoms with van der Waals surface area (Å²) < 4.78 is 5.94. The fraction of sp³-hybridized carbons (Fsp3) is 0.667. The van der Waals surface area contributed by atoms with Gasteiger partial charge >= 0.3 is 0 Å². The second-order valence-corrected chi connectivity index (χ2v) is 8.41. The van der Waals surface area contributed by atoms with Crippen molar-refractivity contribution in [1.29, 1.82) is 0 Å². The highest BCUT2D eigenvalue weighted by molar-refractivity contribution is 5.82. The predicted molar refractivity (Wildman–Crippen MR) is 101 cm³/mol. The fourth-order valence-electron chi connectivity index (χ4n) is 5.79. The lowest BCUT2D eigenvalue weighted by Crippen LogP contribution is -2.49. The molecule has 146 valence electrons. The van der Waals surface area contributed by atoms with Crippen molar-refractivity contribution >= 4 is 5.91 Å². The van der Waals surface area contributed by atoms with Gasteiger partial charge in [0.1, 0.15) is 5.75 Å². The van der Waals surface area contributed by atoms with Crippen LogP contribution in [0.2, 0.25) is 0 Å². The standard InChI is InChI=1S/C21H28N2O4/c1-3-4-9-27-16-6-5-15-7-8-22-20(24)11-19-17(13-23(25)26)14(2)12-21(19,22)18(15)10-16/h5-6,10,14,17,19H,3-4,7-9,11-13H2,1-2H3/t14-,17+,19-,21-/m0/s1. The number of nitrogens with zero attached hydrogens (tertiary/aromatic N) is 2. The van der Waals surface area contributed by atoms with Crippen LogP contribution in [0.4, 0.5) is 0 Å². The van der Waals surface area contributed by atoms with Crippen LogP contribution in [0.1, 0.15) is 50.7 Å². The molecular weight excluding hydrogens is 344 g/mol. The summed E-state index contributed by atoms with van der Waals surface area (Å²) in [4.78, 5) is 25.9. The Hall–Kier alpha value is -2.11. The first-order chi connectivity index (χ1) is 13.0. The van der Waals surface area contributed by atoms with Gasteiger partial charge in [-0.05, 0) is 48.4 Å². The maximum Gasteiger partial charge on any atom is 0.223 e. The first kappa shape index (κ1) is 18.3. The van der Waals surface area contributed by atoms with Crippen molar-refractivity contribution in [2.75, 3.05) is 19.7 Å². The molecule has 0 bridgehead atoms. The van der Waals surface area contributed by atoms with Gasteiger partial charge in [-0.3, -0.25) is 14.9 Å². The topological polar surface area (TPSA) is 72.7 Å². The molecule has 2 fully saturated rings. The van der Waals surface area contributed by atoms with Crippen LogP contribution in [0.25, 0.3) is 0 Å². The molecule has 1 spiro atoms. The molecule has 6 nitrogen and oxygen atoms in total. The van der Waals surface area contributed by atoms with E-state index in [-0.39, 0.29) is 40.7 Å². The summed E-state index contributed by atoms with van der Waals surface area (Å²) in [5, 5.41) is 11.3. The Balaban J connectivity index is 1.74. The molecular formula is C21H28N2O4. The van der Waals surface area contributed by atoms with E-state index in [1.807, 2.05) is 11.0 Å². The lowest BCUT2D eigenvalue weighted by Gasteiger charge is -2.44. The molecule has 1 amide bonds. The number of nitro groups is 1. The molecule has 27 heavy (non-hydrogen) atoms. The predicted octanol–water partition coefficient (Wildman–Crippen LogP) is 3.40. The Kier molecular flexibility index (Phi) is 4.60. The molecule has 0 unspecified atom stereocenters. The third kappa shape index (κ3) is 2.80. The summed E-state index contributed by atoms with van der Waals surface area (Å²) >= 11 is 0. The van der Waals surface area contributed by atoms with Gasteiger partial charge in [-0.2, -0.15) is 0 Å². The monoisotopic (exact) mass is 372 g/mol. The molecule has 1 saturated carbocycles. The normalized spacial score (nSPS) is 31.4. The summed E-state index contributed by atoms with van der Waals surface area (Å²) in [6.07, 6.45) is 4.19. The van der Waals surface area contributed by atoms with Crippen molar-refractivity contribution in [1.82, 2.24) is 4.90 Å². The minimum atomic E-state index is -0.380. The second-order valence-electron chi connectivity index (χ2n) is 8.41. The van der Waals surface area contributed by atoms with Crippen molar-refractivity contribution < 1.29 is 14.5 Å². The lowest BCUT2D eigenvalue weighted by atomic mass is 9.74. The summed E-state index contributed by atoms with van der Waals surface area (Å²) in [6.45, 7) is 5.61. The molecule has 4 atom stereocenters. The van der Waals surface area contributed by atoms with Crippen LogP contribution in [0.15, 0.2) is 18.2 Å². The molecule has 0 radical (unpaired) electrons. The van der Waals surface area contributed by atoms with E-state index in [0.717, 1.165) is 38.0 Å². The van der Waals surface area contributed by atoms with E-state index in [1.54, 1.807) is 0 Å². The number of hydrogen-bond donors (Lipinski definition) is 0. The average molecular weight is 372 g/mol. The largest absolute Gasteiger partial charge is 0.494 e. The van der Waals surface area contributed by atoms with Crippen LogP contribution >= 0.6 is 0 Å². The first-order valence-corrected chi connectivity index (χ1v) is 10.2. The van der Waals surface area contributed by atoms with E-state index in [4.69, 9.17) is 4.74 Å². The highest BCUT2D eigenvalue weighted by Crippen LogP contribution is 2.61. The lowest BCUT2D eigenvalue weighted by molar-refractivity contribution is -0.491. The van der Waals surface area contributed by atoms with Gasteiger partial charge in [0.15, 0.2) is 0 Å². The zero-order valence-electron chi connectivity index (χ0n) is 16.1. The van der Waals surface area contributed by atoms with Gasteiger partial charge in [0.25, 0.3) is 0 Å². The van der Waals surface area contributed by atoms with Crippen molar-refractivity contribution in [3.8, 4) is 5.75 Å². The molecule has 1 saturated heterocycles. The fourth-order valence-corrected chi connectivity index (χ4v) is 5.79. The van der Waals surface area contributed by atoms with E-state index < -0.39 is 0 Å². The molecule has 1 aliphatic carbocycles. The smallest absolute Gasteiger partial charge is 0.223 e. The molecule has 3 aliphatic rings. The number of unbranched alkanes of at least 4 members (excludes halogenated alkanes) is 1. The first-order valence-electron chi connectivity index (χ1n) is 10.2. The van der Waals surface area contributed by atoms with Gasteiger partial charge in [0.05, 0.1) is 12.1 Å². The summed E-state index contributed by atoms with van der Waals surface area (Å²) in [7, 11) is 0. The quantitative estimate of drug-likeness (QED) is 0.436. The molecule has 2 heterocycles. The number of ether oxygens (including phenoxy) is 1. The number of fused-ring (bicyclic) bond motifs is 1. The summed E-state index contributed by atoms with van der Waals surface area (Å²) in [6, 6.07) is 6.28. The third-order valence-electron chi connectivity index (χ3n) is 6.95. The van der Waals surface area contributed by atoms with Crippen LogP contribution < -0.4 is 4.74 Å². The van der Waals surface area contributed by atoms with Crippen LogP contribution in [0, 0.1) is 27.9 Å². The number of carbonyl (C=O) groups is 1. The minimum Gasteiger partial charge on any atom is -0.494 e. The highest BCUT2D eigenvalue weighted by Gasteiger charge is 2.64. The van der Waals surface area contributed by atoms with E-state index in [2.05, 4.69) is 26.0 Å². The Morgan fingerprint density at radius 1 is 1.41 bits per heavy atom. The molecule has 1 aromatic carbocycles. The van der Waals surface area contributed by atoms with Gasteiger partial charge < -0.3 is 9.64 Å². The Morgan fingerprint density at radius 3 is 2.96 bits per heavy atom. The van der Waals surface area contributed by atoms with Crippen LogP contribution in [-0.4, -0.2) is 35.4 Å². The molecule has 2 aliphatic heterocycles. The number of hydrogen-bond acceptors (Lipinski definition) is 4. The number of amides is 1. The Bertz CT molecular complexity index is 765. The Labute approximate surface area is 160 Å². The highest BCUT2D eigenvalue weighted by atomic mass is 16.6. The zero-order valence-corrected chi connectivity index (χ0v) is 16.1. The van der Waals surface area contributed by atoms with Gasteiger partial charge in [-0.15, -0.1) is 0 Å².